The average Bonchev–Trinajstić information content (AvgIpc) is 2.79. The van der Waals surface area contributed by atoms with Crippen LogP contribution in [0.4, 0.5) is 0 Å². The lowest BCUT2D eigenvalue weighted by molar-refractivity contribution is -0.132. The van der Waals surface area contributed by atoms with Crippen LogP contribution in [0.15, 0.2) is 5.03 Å². The minimum absolute atomic E-state index is 0.130. The van der Waals surface area contributed by atoms with Gasteiger partial charge in [0.1, 0.15) is 15.7 Å². The van der Waals surface area contributed by atoms with Crippen molar-refractivity contribution in [1.82, 2.24) is 14.9 Å². The lowest BCUT2D eigenvalue weighted by Gasteiger charge is -2.36. The standard InChI is InChI=1S/C19H27N3OS2/c1-10-7-11(2)9-22(8-10)19(23)14(5)25-18-16-12(3)13(4)24-17(16)20-15(6)21-18/h10-11,14H,7-9H2,1-6H3/t10-,11-,14-/m0/s1. The fourth-order valence-corrected chi connectivity index (χ4v) is 5.99. The molecule has 0 aliphatic carbocycles. The number of carbonyl (C=O) groups excluding carboxylic acids is 1. The monoisotopic (exact) mass is 377 g/mol. The van der Waals surface area contributed by atoms with Crippen LogP contribution in [0, 0.1) is 32.6 Å². The van der Waals surface area contributed by atoms with Gasteiger partial charge in [0.2, 0.25) is 5.91 Å². The van der Waals surface area contributed by atoms with Crippen molar-refractivity contribution in [3.63, 3.8) is 0 Å². The molecule has 136 valence electrons. The van der Waals surface area contributed by atoms with Crippen LogP contribution in [0.3, 0.4) is 0 Å². The second kappa shape index (κ2) is 7.23. The van der Waals surface area contributed by atoms with Gasteiger partial charge in [-0.15, -0.1) is 11.3 Å². The maximum atomic E-state index is 13.0. The number of rotatable bonds is 3. The minimum Gasteiger partial charge on any atom is -0.341 e. The summed E-state index contributed by atoms with van der Waals surface area (Å²) in [7, 11) is 0. The van der Waals surface area contributed by atoms with Gasteiger partial charge >= 0.3 is 0 Å². The first kappa shape index (κ1) is 18.6. The zero-order chi connectivity index (χ0) is 18.3. The minimum atomic E-state index is -0.130. The summed E-state index contributed by atoms with van der Waals surface area (Å²) in [6.45, 7) is 14.4. The molecule has 2 aromatic heterocycles. The Kier molecular flexibility index (Phi) is 5.40. The second-order valence-electron chi connectivity index (χ2n) is 7.49. The van der Waals surface area contributed by atoms with Gasteiger partial charge in [-0.1, -0.05) is 25.6 Å². The number of hydrogen-bond donors (Lipinski definition) is 0. The van der Waals surface area contributed by atoms with Crippen LogP contribution >= 0.6 is 23.1 Å². The first-order valence-corrected chi connectivity index (χ1v) is 10.7. The molecule has 25 heavy (non-hydrogen) atoms. The molecule has 1 aliphatic heterocycles. The van der Waals surface area contributed by atoms with Crippen molar-refractivity contribution in [1.29, 1.82) is 0 Å². The molecule has 0 N–H and O–H groups in total. The Labute approximate surface area is 158 Å². The van der Waals surface area contributed by atoms with Crippen LogP contribution in [-0.4, -0.2) is 39.1 Å². The van der Waals surface area contributed by atoms with E-state index in [0.29, 0.717) is 11.8 Å². The third kappa shape index (κ3) is 3.85. The van der Waals surface area contributed by atoms with E-state index in [9.17, 15) is 4.79 Å². The molecular formula is C19H27N3OS2. The highest BCUT2D eigenvalue weighted by Crippen LogP contribution is 2.37. The van der Waals surface area contributed by atoms with E-state index in [4.69, 9.17) is 0 Å². The zero-order valence-corrected chi connectivity index (χ0v) is 17.6. The van der Waals surface area contributed by atoms with Crippen LogP contribution < -0.4 is 0 Å². The number of aromatic nitrogens is 2. The van der Waals surface area contributed by atoms with Crippen LogP contribution in [0.2, 0.25) is 0 Å². The van der Waals surface area contributed by atoms with Crippen molar-refractivity contribution >= 4 is 39.2 Å². The van der Waals surface area contributed by atoms with E-state index in [1.54, 1.807) is 23.1 Å². The summed E-state index contributed by atoms with van der Waals surface area (Å²) in [5, 5.41) is 1.94. The summed E-state index contributed by atoms with van der Waals surface area (Å²) < 4.78 is 0. The first-order chi connectivity index (χ1) is 11.8. The molecule has 0 spiro atoms. The highest BCUT2D eigenvalue weighted by atomic mass is 32.2. The van der Waals surface area contributed by atoms with E-state index >= 15 is 0 Å². The molecule has 1 amide bonds. The molecule has 0 aromatic carbocycles. The third-order valence-corrected chi connectivity index (χ3v) is 7.10. The van der Waals surface area contributed by atoms with E-state index in [2.05, 4.69) is 37.7 Å². The molecule has 6 heteroatoms. The molecule has 0 saturated carbocycles. The predicted molar refractivity (Wildman–Crippen MR) is 106 cm³/mol. The van der Waals surface area contributed by atoms with Gasteiger partial charge in [0, 0.05) is 23.4 Å². The molecule has 0 unspecified atom stereocenters. The van der Waals surface area contributed by atoms with Gasteiger partial charge in [-0.3, -0.25) is 4.79 Å². The first-order valence-electron chi connectivity index (χ1n) is 8.96. The number of fused-ring (bicyclic) bond motifs is 1. The number of amides is 1. The Hall–Kier alpha value is -1.14. The number of likely N-dealkylation sites (tertiary alicyclic amines) is 1. The summed E-state index contributed by atoms with van der Waals surface area (Å²) in [6.07, 6.45) is 1.21. The highest BCUT2D eigenvalue weighted by molar-refractivity contribution is 8.00. The number of thioether (sulfide) groups is 1. The van der Waals surface area contributed by atoms with Gasteiger partial charge in [-0.2, -0.15) is 0 Å². The van der Waals surface area contributed by atoms with Crippen molar-refractivity contribution in [2.75, 3.05) is 13.1 Å². The van der Waals surface area contributed by atoms with Gasteiger partial charge < -0.3 is 4.90 Å². The van der Waals surface area contributed by atoms with Crippen molar-refractivity contribution in [2.45, 2.75) is 58.2 Å². The van der Waals surface area contributed by atoms with Gasteiger partial charge in [-0.05, 0) is 51.5 Å². The number of thiophene rings is 1. The molecule has 1 aliphatic rings. The topological polar surface area (TPSA) is 46.1 Å². The third-order valence-electron chi connectivity index (χ3n) is 4.92. The summed E-state index contributed by atoms with van der Waals surface area (Å²) in [5.41, 5.74) is 1.24. The van der Waals surface area contributed by atoms with Crippen LogP contribution in [0.25, 0.3) is 10.2 Å². The van der Waals surface area contributed by atoms with Crippen LogP contribution in [0.5, 0.6) is 0 Å². The highest BCUT2D eigenvalue weighted by Gasteiger charge is 2.29. The number of nitrogens with zero attached hydrogens (tertiary/aromatic N) is 3. The van der Waals surface area contributed by atoms with Gasteiger partial charge in [-0.25, -0.2) is 9.97 Å². The van der Waals surface area contributed by atoms with Crippen molar-refractivity contribution in [2.24, 2.45) is 11.8 Å². The largest absolute Gasteiger partial charge is 0.341 e. The lowest BCUT2D eigenvalue weighted by atomic mass is 9.92. The maximum absolute atomic E-state index is 13.0. The van der Waals surface area contributed by atoms with E-state index in [-0.39, 0.29) is 11.2 Å². The van der Waals surface area contributed by atoms with Crippen LogP contribution in [-0.2, 0) is 4.79 Å². The zero-order valence-electron chi connectivity index (χ0n) is 15.9. The fourth-order valence-electron chi connectivity index (χ4n) is 3.72. The van der Waals surface area contributed by atoms with E-state index < -0.39 is 0 Å². The van der Waals surface area contributed by atoms with Crippen molar-refractivity contribution < 1.29 is 4.79 Å². The molecule has 3 heterocycles. The molecular weight excluding hydrogens is 350 g/mol. The number of piperidine rings is 1. The molecule has 0 bridgehead atoms. The van der Waals surface area contributed by atoms with E-state index in [1.807, 2.05) is 18.7 Å². The number of hydrogen-bond acceptors (Lipinski definition) is 5. The lowest BCUT2D eigenvalue weighted by Crippen LogP contribution is -2.45. The number of aryl methyl sites for hydroxylation is 3. The van der Waals surface area contributed by atoms with Gasteiger partial charge in [0.05, 0.1) is 5.25 Å². The molecule has 3 rings (SSSR count). The Bertz CT molecular complexity index is 792. The summed E-state index contributed by atoms with van der Waals surface area (Å²) in [6, 6.07) is 0. The normalized spacial score (nSPS) is 22.4. The summed E-state index contributed by atoms with van der Waals surface area (Å²) >= 11 is 3.29. The molecule has 0 radical (unpaired) electrons. The summed E-state index contributed by atoms with van der Waals surface area (Å²) in [5.74, 6) is 2.17. The molecule has 2 aromatic rings. The molecule has 3 atom stereocenters. The molecule has 1 fully saturated rings. The quantitative estimate of drug-likeness (QED) is 0.579. The van der Waals surface area contributed by atoms with E-state index in [1.165, 1.54) is 16.9 Å². The van der Waals surface area contributed by atoms with E-state index in [0.717, 1.165) is 34.2 Å². The average molecular weight is 378 g/mol. The summed E-state index contributed by atoms with van der Waals surface area (Å²) in [4.78, 5) is 26.6. The Balaban J connectivity index is 1.84. The van der Waals surface area contributed by atoms with Crippen molar-refractivity contribution in [3.8, 4) is 0 Å². The molecule has 1 saturated heterocycles. The SMILES string of the molecule is Cc1nc(S[C@@H](C)C(=O)N2C[C@@H](C)C[C@H](C)C2)c2c(C)c(C)sc2n1. The van der Waals surface area contributed by atoms with Gasteiger partial charge in [0.25, 0.3) is 0 Å². The Morgan fingerprint density at radius 2 is 1.84 bits per heavy atom. The molecule has 4 nitrogen and oxygen atoms in total. The van der Waals surface area contributed by atoms with Crippen LogP contribution in [0.1, 0.15) is 43.5 Å². The Morgan fingerprint density at radius 1 is 1.20 bits per heavy atom. The fraction of sp³-hybridized carbons (Fsp3) is 0.632. The smallest absolute Gasteiger partial charge is 0.235 e. The van der Waals surface area contributed by atoms with Crippen molar-refractivity contribution in [3.05, 3.63) is 16.3 Å². The Morgan fingerprint density at radius 3 is 2.48 bits per heavy atom. The second-order valence-corrected chi connectivity index (χ2v) is 10.0. The van der Waals surface area contributed by atoms with Gasteiger partial charge in [0.15, 0.2) is 0 Å². The predicted octanol–water partition coefficient (Wildman–Crippen LogP) is 4.60. The maximum Gasteiger partial charge on any atom is 0.235 e. The number of carbonyl (C=O) groups is 1.